The van der Waals surface area contributed by atoms with Crippen LogP contribution < -0.4 is 10.5 Å². The molecule has 0 radical (unpaired) electrons. The second kappa shape index (κ2) is 6.13. The van der Waals surface area contributed by atoms with Crippen molar-refractivity contribution in [3.63, 3.8) is 0 Å². The first-order valence-electron chi connectivity index (χ1n) is 6.33. The van der Waals surface area contributed by atoms with Gasteiger partial charge in [-0.05, 0) is 42.3 Å². The molecule has 0 heterocycles. The van der Waals surface area contributed by atoms with E-state index in [4.69, 9.17) is 10.5 Å². The van der Waals surface area contributed by atoms with Gasteiger partial charge >= 0.3 is 0 Å². The summed E-state index contributed by atoms with van der Waals surface area (Å²) in [7, 11) is -2.12. The largest absolute Gasteiger partial charge is 0.497 e. The molecule has 0 atom stereocenters. The third-order valence-electron chi connectivity index (χ3n) is 3.11. The smallest absolute Gasteiger partial charge is 0.181 e. The molecule has 0 amide bonds. The number of halogens is 1. The van der Waals surface area contributed by atoms with Crippen molar-refractivity contribution in [1.29, 1.82) is 0 Å². The molecule has 112 valence electrons. The Kier molecular flexibility index (Phi) is 4.47. The fourth-order valence-electron chi connectivity index (χ4n) is 1.92. The van der Waals surface area contributed by atoms with Gasteiger partial charge < -0.3 is 10.5 Å². The van der Waals surface area contributed by atoms with Gasteiger partial charge in [-0.1, -0.05) is 12.1 Å². The Hall–Kier alpha value is -2.08. The second-order valence-corrected chi connectivity index (χ2v) is 6.68. The van der Waals surface area contributed by atoms with Crippen molar-refractivity contribution in [2.75, 3.05) is 18.6 Å². The SMILES string of the molecule is COc1ccc(CCS(=O)(=O)c2ccc(N)cc2F)cc1. The zero-order valence-electron chi connectivity index (χ0n) is 11.5. The van der Waals surface area contributed by atoms with Gasteiger partial charge in [-0.3, -0.25) is 0 Å². The van der Waals surface area contributed by atoms with E-state index in [0.717, 1.165) is 11.6 Å². The van der Waals surface area contributed by atoms with E-state index in [0.29, 0.717) is 12.2 Å². The number of nitrogen functional groups attached to an aromatic ring is 1. The number of hydrogen-bond acceptors (Lipinski definition) is 4. The van der Waals surface area contributed by atoms with E-state index in [1.165, 1.54) is 12.1 Å². The minimum Gasteiger partial charge on any atom is -0.497 e. The minimum absolute atomic E-state index is 0.167. The summed E-state index contributed by atoms with van der Waals surface area (Å²) in [4.78, 5) is -0.315. The van der Waals surface area contributed by atoms with Gasteiger partial charge in [-0.25, -0.2) is 12.8 Å². The predicted molar refractivity (Wildman–Crippen MR) is 79.6 cm³/mol. The van der Waals surface area contributed by atoms with Crippen LogP contribution in [0, 0.1) is 5.82 Å². The van der Waals surface area contributed by atoms with E-state index in [1.807, 2.05) is 0 Å². The average Bonchev–Trinajstić information content (AvgIpc) is 2.45. The Balaban J connectivity index is 2.13. The monoisotopic (exact) mass is 309 g/mol. The molecule has 0 fully saturated rings. The van der Waals surface area contributed by atoms with E-state index in [2.05, 4.69) is 0 Å². The third kappa shape index (κ3) is 3.72. The number of methoxy groups -OCH3 is 1. The first-order valence-corrected chi connectivity index (χ1v) is 7.98. The number of ether oxygens (including phenoxy) is 1. The van der Waals surface area contributed by atoms with E-state index < -0.39 is 15.7 Å². The van der Waals surface area contributed by atoms with E-state index >= 15 is 0 Å². The fraction of sp³-hybridized carbons (Fsp3) is 0.200. The highest BCUT2D eigenvalue weighted by molar-refractivity contribution is 7.91. The van der Waals surface area contributed by atoms with Crippen LogP contribution in [0.1, 0.15) is 5.56 Å². The van der Waals surface area contributed by atoms with Crippen molar-refractivity contribution >= 4 is 15.5 Å². The van der Waals surface area contributed by atoms with Gasteiger partial charge in [-0.2, -0.15) is 0 Å². The van der Waals surface area contributed by atoms with Crippen molar-refractivity contribution in [3.8, 4) is 5.75 Å². The van der Waals surface area contributed by atoms with Crippen LogP contribution in [0.25, 0.3) is 0 Å². The number of rotatable bonds is 5. The van der Waals surface area contributed by atoms with Crippen LogP contribution in [0.15, 0.2) is 47.4 Å². The average molecular weight is 309 g/mol. The molecule has 0 aliphatic rings. The van der Waals surface area contributed by atoms with Gasteiger partial charge in [-0.15, -0.1) is 0 Å². The van der Waals surface area contributed by atoms with Crippen molar-refractivity contribution in [1.82, 2.24) is 0 Å². The molecule has 4 nitrogen and oxygen atoms in total. The number of nitrogens with two attached hydrogens (primary N) is 1. The Morgan fingerprint density at radius 1 is 1.14 bits per heavy atom. The standard InChI is InChI=1S/C15H16FNO3S/c1-20-13-5-2-11(3-6-13)8-9-21(18,19)15-7-4-12(17)10-14(15)16/h2-7,10H,8-9,17H2,1H3. The maximum atomic E-state index is 13.7. The third-order valence-corrected chi connectivity index (χ3v) is 4.85. The summed E-state index contributed by atoms with van der Waals surface area (Å²) in [6, 6.07) is 10.7. The van der Waals surface area contributed by atoms with Crippen molar-refractivity contribution in [2.45, 2.75) is 11.3 Å². The molecule has 2 aromatic rings. The molecule has 2 N–H and O–H groups in total. The van der Waals surface area contributed by atoms with Crippen LogP contribution in [0.2, 0.25) is 0 Å². The lowest BCUT2D eigenvalue weighted by Crippen LogP contribution is -2.11. The molecule has 0 unspecified atom stereocenters. The highest BCUT2D eigenvalue weighted by Crippen LogP contribution is 2.20. The van der Waals surface area contributed by atoms with Gasteiger partial charge in [0.05, 0.1) is 12.9 Å². The van der Waals surface area contributed by atoms with Crippen LogP contribution in [0.3, 0.4) is 0 Å². The molecule has 0 saturated heterocycles. The quantitative estimate of drug-likeness (QED) is 0.861. The van der Waals surface area contributed by atoms with E-state index in [9.17, 15) is 12.8 Å². The lowest BCUT2D eigenvalue weighted by Gasteiger charge is -2.07. The molecule has 0 saturated carbocycles. The molecular weight excluding hydrogens is 293 g/mol. The molecule has 0 aliphatic heterocycles. The summed E-state index contributed by atoms with van der Waals surface area (Å²) >= 11 is 0. The molecule has 6 heteroatoms. The molecule has 0 bridgehead atoms. The van der Waals surface area contributed by atoms with Gasteiger partial charge in [0.25, 0.3) is 0 Å². The van der Waals surface area contributed by atoms with Crippen LogP contribution in [0.5, 0.6) is 5.75 Å². The van der Waals surface area contributed by atoms with Crippen LogP contribution in [-0.4, -0.2) is 21.3 Å². The molecule has 2 rings (SSSR count). The maximum Gasteiger partial charge on any atom is 0.181 e. The Morgan fingerprint density at radius 3 is 2.38 bits per heavy atom. The maximum absolute atomic E-state index is 13.7. The Bertz CT molecular complexity index is 727. The molecule has 2 aromatic carbocycles. The van der Waals surface area contributed by atoms with Crippen molar-refractivity contribution in [2.24, 2.45) is 0 Å². The highest BCUT2D eigenvalue weighted by atomic mass is 32.2. The fourth-order valence-corrected chi connectivity index (χ4v) is 3.28. The molecule has 0 aromatic heterocycles. The van der Waals surface area contributed by atoms with Crippen LogP contribution in [-0.2, 0) is 16.3 Å². The first kappa shape index (κ1) is 15.3. The molecule has 21 heavy (non-hydrogen) atoms. The highest BCUT2D eigenvalue weighted by Gasteiger charge is 2.19. The van der Waals surface area contributed by atoms with Gasteiger partial charge in [0.15, 0.2) is 9.84 Å². The lowest BCUT2D eigenvalue weighted by molar-refractivity contribution is 0.414. The number of aryl methyl sites for hydroxylation is 1. The molecule has 0 spiro atoms. The van der Waals surface area contributed by atoms with Crippen LogP contribution >= 0.6 is 0 Å². The van der Waals surface area contributed by atoms with Gasteiger partial charge in [0.2, 0.25) is 0 Å². The Labute approximate surface area is 123 Å². The second-order valence-electron chi connectivity index (χ2n) is 4.61. The number of hydrogen-bond donors (Lipinski definition) is 1. The summed E-state index contributed by atoms with van der Waals surface area (Å²) in [6.07, 6.45) is 0.302. The van der Waals surface area contributed by atoms with Crippen LogP contribution in [0.4, 0.5) is 10.1 Å². The summed E-state index contributed by atoms with van der Waals surface area (Å²) in [5.74, 6) is -0.281. The Morgan fingerprint density at radius 2 is 1.81 bits per heavy atom. The van der Waals surface area contributed by atoms with E-state index in [1.54, 1.807) is 31.4 Å². The first-order chi connectivity index (χ1) is 9.92. The number of sulfone groups is 1. The van der Waals surface area contributed by atoms with Gasteiger partial charge in [0.1, 0.15) is 16.5 Å². The summed E-state index contributed by atoms with van der Waals surface area (Å²) in [6.45, 7) is 0. The normalized spacial score (nSPS) is 11.3. The number of benzene rings is 2. The van der Waals surface area contributed by atoms with Crippen molar-refractivity contribution < 1.29 is 17.5 Å². The predicted octanol–water partition coefficient (Wildman–Crippen LogP) is 2.43. The molecule has 0 aliphatic carbocycles. The minimum atomic E-state index is -3.68. The summed E-state index contributed by atoms with van der Waals surface area (Å²) < 4.78 is 43.0. The number of anilines is 1. The summed E-state index contributed by atoms with van der Waals surface area (Å²) in [5.41, 5.74) is 6.46. The molecular formula is C15H16FNO3S. The van der Waals surface area contributed by atoms with E-state index in [-0.39, 0.29) is 16.3 Å². The van der Waals surface area contributed by atoms with Gasteiger partial charge in [0, 0.05) is 5.69 Å². The summed E-state index contributed by atoms with van der Waals surface area (Å²) in [5, 5.41) is 0. The topological polar surface area (TPSA) is 69.4 Å². The lowest BCUT2D eigenvalue weighted by atomic mass is 10.2. The zero-order valence-corrected chi connectivity index (χ0v) is 12.4. The zero-order chi connectivity index (χ0) is 15.5. The van der Waals surface area contributed by atoms with Crippen molar-refractivity contribution in [3.05, 3.63) is 53.8 Å².